The van der Waals surface area contributed by atoms with Crippen LogP contribution in [0.15, 0.2) is 24.3 Å². The molecule has 1 aliphatic heterocycles. The fraction of sp³-hybridized carbons (Fsp3) is 0.462. The zero-order valence-electron chi connectivity index (χ0n) is 11.3. The zero-order valence-corrected chi connectivity index (χ0v) is 11.3. The average Bonchev–Trinajstić information content (AvgIpc) is 2.34. The molecule has 0 atom stereocenters. The van der Waals surface area contributed by atoms with Crippen molar-refractivity contribution in [2.45, 2.75) is 19.4 Å². The lowest BCUT2D eigenvalue weighted by Crippen LogP contribution is -2.60. The van der Waals surface area contributed by atoms with Crippen LogP contribution in [0.4, 0.5) is 11.4 Å². The molecule has 102 valence electrons. The van der Waals surface area contributed by atoms with Gasteiger partial charge in [-0.25, -0.2) is 0 Å². The van der Waals surface area contributed by atoms with Crippen LogP contribution in [0, 0.1) is 10.1 Å². The van der Waals surface area contributed by atoms with Crippen molar-refractivity contribution in [3.8, 4) is 0 Å². The van der Waals surface area contributed by atoms with Crippen LogP contribution in [-0.4, -0.2) is 41.4 Å². The molecule has 0 bridgehead atoms. The summed E-state index contributed by atoms with van der Waals surface area (Å²) < 4.78 is 0. The molecule has 1 amide bonds. The van der Waals surface area contributed by atoms with E-state index >= 15 is 0 Å². The molecule has 0 radical (unpaired) electrons. The van der Waals surface area contributed by atoms with Crippen LogP contribution in [0.1, 0.15) is 13.8 Å². The number of hydrogen-bond donors (Lipinski definition) is 0. The highest BCUT2D eigenvalue weighted by molar-refractivity contribution is 5.96. The molecule has 1 saturated heterocycles. The van der Waals surface area contributed by atoms with Gasteiger partial charge in [0.2, 0.25) is 5.91 Å². The van der Waals surface area contributed by atoms with Crippen molar-refractivity contribution in [2.24, 2.45) is 0 Å². The van der Waals surface area contributed by atoms with E-state index in [2.05, 4.69) is 13.8 Å². The number of nitro benzene ring substituents is 1. The van der Waals surface area contributed by atoms with Gasteiger partial charge < -0.3 is 4.90 Å². The number of benzene rings is 1. The van der Waals surface area contributed by atoms with Crippen molar-refractivity contribution in [1.29, 1.82) is 0 Å². The first-order valence-corrected chi connectivity index (χ1v) is 6.07. The van der Waals surface area contributed by atoms with Gasteiger partial charge in [-0.05, 0) is 33.0 Å². The molecule has 0 spiro atoms. The Morgan fingerprint density at radius 2 is 1.84 bits per heavy atom. The maximum absolute atomic E-state index is 12.1. The normalized spacial score (nSPS) is 19.5. The summed E-state index contributed by atoms with van der Waals surface area (Å²) in [7, 11) is 1.92. The van der Waals surface area contributed by atoms with Crippen LogP contribution in [0.5, 0.6) is 0 Å². The number of likely N-dealkylation sites (N-methyl/N-ethyl adjacent to an activating group) is 1. The number of amides is 1. The van der Waals surface area contributed by atoms with Crippen LogP contribution >= 0.6 is 0 Å². The van der Waals surface area contributed by atoms with Gasteiger partial charge in [-0.15, -0.1) is 0 Å². The number of anilines is 1. The molecule has 1 aromatic rings. The Hall–Kier alpha value is -1.95. The monoisotopic (exact) mass is 263 g/mol. The van der Waals surface area contributed by atoms with Crippen molar-refractivity contribution >= 4 is 17.3 Å². The van der Waals surface area contributed by atoms with Gasteiger partial charge in [0, 0.05) is 29.9 Å². The second-order valence-corrected chi connectivity index (χ2v) is 5.42. The molecular weight excluding hydrogens is 246 g/mol. The quantitative estimate of drug-likeness (QED) is 0.601. The van der Waals surface area contributed by atoms with Crippen molar-refractivity contribution in [1.82, 2.24) is 4.90 Å². The van der Waals surface area contributed by atoms with Crippen LogP contribution in [0.25, 0.3) is 0 Å². The lowest BCUT2D eigenvalue weighted by atomic mass is 9.99. The topological polar surface area (TPSA) is 66.7 Å². The lowest BCUT2D eigenvalue weighted by molar-refractivity contribution is -0.384. The molecule has 0 N–H and O–H groups in total. The molecule has 2 rings (SSSR count). The summed E-state index contributed by atoms with van der Waals surface area (Å²) in [5, 5.41) is 10.6. The average molecular weight is 263 g/mol. The maximum Gasteiger partial charge on any atom is 0.269 e. The number of hydrogen-bond acceptors (Lipinski definition) is 4. The van der Waals surface area contributed by atoms with Crippen LogP contribution in [0.2, 0.25) is 0 Å². The van der Waals surface area contributed by atoms with E-state index in [9.17, 15) is 14.9 Å². The highest BCUT2D eigenvalue weighted by Gasteiger charge is 2.36. The summed E-state index contributed by atoms with van der Waals surface area (Å²) in [6, 6.07) is 6.09. The fourth-order valence-electron chi connectivity index (χ4n) is 2.09. The molecule has 0 unspecified atom stereocenters. The Bertz CT molecular complexity index is 510. The summed E-state index contributed by atoms with van der Waals surface area (Å²) in [6.07, 6.45) is 0. The minimum atomic E-state index is -0.445. The number of non-ortho nitro benzene ring substituents is 1. The number of carbonyl (C=O) groups is 1. The van der Waals surface area contributed by atoms with Gasteiger partial charge in [-0.2, -0.15) is 0 Å². The molecule has 0 saturated carbocycles. The number of piperazine rings is 1. The van der Waals surface area contributed by atoms with Gasteiger partial charge in [0.25, 0.3) is 5.69 Å². The van der Waals surface area contributed by atoms with Crippen LogP contribution in [-0.2, 0) is 4.79 Å². The van der Waals surface area contributed by atoms with Crippen molar-refractivity contribution in [3.05, 3.63) is 34.4 Å². The van der Waals surface area contributed by atoms with Gasteiger partial charge in [0.15, 0.2) is 0 Å². The number of rotatable bonds is 2. The largest absolute Gasteiger partial charge is 0.309 e. The van der Waals surface area contributed by atoms with Crippen LogP contribution < -0.4 is 4.90 Å². The lowest BCUT2D eigenvalue weighted by Gasteiger charge is -2.44. The second kappa shape index (κ2) is 4.62. The van der Waals surface area contributed by atoms with E-state index in [1.54, 1.807) is 17.0 Å². The third kappa shape index (κ3) is 2.58. The van der Waals surface area contributed by atoms with Crippen molar-refractivity contribution in [3.63, 3.8) is 0 Å². The fourth-order valence-corrected chi connectivity index (χ4v) is 2.09. The van der Waals surface area contributed by atoms with E-state index in [0.29, 0.717) is 18.8 Å². The standard InChI is InChI=1S/C13H17N3O3/c1-13(2)9-15(12(17)8-14(13)3)10-4-6-11(7-5-10)16(18)19/h4-7H,8-9H2,1-3H3. The van der Waals surface area contributed by atoms with Gasteiger partial charge in [0.1, 0.15) is 0 Å². The molecule has 19 heavy (non-hydrogen) atoms. The first kappa shape index (κ1) is 13.5. The SMILES string of the molecule is CN1CC(=O)N(c2ccc([N+](=O)[O-])cc2)CC1(C)C. The zero-order chi connectivity index (χ0) is 14.2. The van der Waals surface area contributed by atoms with Gasteiger partial charge >= 0.3 is 0 Å². The first-order chi connectivity index (χ1) is 8.81. The van der Waals surface area contributed by atoms with Gasteiger partial charge in [0.05, 0.1) is 11.5 Å². The van der Waals surface area contributed by atoms with Crippen molar-refractivity contribution < 1.29 is 9.72 Å². The molecule has 6 heteroatoms. The molecule has 1 aliphatic rings. The Kier molecular flexibility index (Phi) is 3.28. The van der Waals surface area contributed by atoms with E-state index in [4.69, 9.17) is 0 Å². The van der Waals surface area contributed by atoms with Crippen LogP contribution in [0.3, 0.4) is 0 Å². The van der Waals surface area contributed by atoms with Gasteiger partial charge in [-0.3, -0.25) is 19.8 Å². The maximum atomic E-state index is 12.1. The summed E-state index contributed by atoms with van der Waals surface area (Å²) in [4.78, 5) is 25.9. The first-order valence-electron chi connectivity index (χ1n) is 6.07. The Labute approximate surface area is 111 Å². The van der Waals surface area contributed by atoms with Crippen molar-refractivity contribution in [2.75, 3.05) is 25.0 Å². The minimum absolute atomic E-state index is 0.00989. The summed E-state index contributed by atoms with van der Waals surface area (Å²) in [5.74, 6) is 0.00989. The summed E-state index contributed by atoms with van der Waals surface area (Å²) >= 11 is 0. The summed E-state index contributed by atoms with van der Waals surface area (Å²) in [6.45, 7) is 5.06. The Morgan fingerprint density at radius 1 is 1.26 bits per heavy atom. The number of carbonyl (C=O) groups excluding carboxylic acids is 1. The van der Waals surface area contributed by atoms with E-state index in [-0.39, 0.29) is 17.1 Å². The Balaban J connectivity index is 2.26. The van der Waals surface area contributed by atoms with Gasteiger partial charge in [-0.1, -0.05) is 0 Å². The highest BCUT2D eigenvalue weighted by Crippen LogP contribution is 2.26. The molecule has 6 nitrogen and oxygen atoms in total. The van der Waals surface area contributed by atoms with E-state index in [0.717, 1.165) is 0 Å². The third-order valence-electron chi connectivity index (χ3n) is 3.62. The minimum Gasteiger partial charge on any atom is -0.309 e. The summed E-state index contributed by atoms with van der Waals surface area (Å²) in [5.41, 5.74) is 0.622. The molecular formula is C13H17N3O3. The molecule has 1 heterocycles. The van der Waals surface area contributed by atoms with E-state index in [1.165, 1.54) is 12.1 Å². The molecule has 1 fully saturated rings. The number of nitrogens with zero attached hydrogens (tertiary/aromatic N) is 3. The third-order valence-corrected chi connectivity index (χ3v) is 3.62. The molecule has 1 aromatic carbocycles. The highest BCUT2D eigenvalue weighted by atomic mass is 16.6. The Morgan fingerprint density at radius 3 is 2.37 bits per heavy atom. The predicted octanol–water partition coefficient (Wildman–Crippen LogP) is 1.65. The molecule has 0 aromatic heterocycles. The second-order valence-electron chi connectivity index (χ2n) is 5.42. The van der Waals surface area contributed by atoms with E-state index in [1.807, 2.05) is 11.9 Å². The van der Waals surface area contributed by atoms with E-state index < -0.39 is 4.92 Å². The molecule has 0 aliphatic carbocycles. The number of nitro groups is 1. The predicted molar refractivity (Wildman–Crippen MR) is 72.2 cm³/mol. The smallest absolute Gasteiger partial charge is 0.269 e.